The molecule has 1 aromatic carbocycles. The minimum absolute atomic E-state index is 0.138. The maximum atomic E-state index is 12.8. The van der Waals surface area contributed by atoms with Gasteiger partial charge in [0.2, 0.25) is 5.91 Å². The molecule has 1 aliphatic heterocycles. The van der Waals surface area contributed by atoms with E-state index in [2.05, 4.69) is 23.2 Å². The first-order valence-corrected chi connectivity index (χ1v) is 8.74. The summed E-state index contributed by atoms with van der Waals surface area (Å²) in [5.74, 6) is 0.418. The number of benzene rings is 1. The average Bonchev–Trinajstić information content (AvgIpc) is 2.63. The fraction of sp³-hybridized carbons (Fsp3) is 0.400. The van der Waals surface area contributed by atoms with E-state index in [1.165, 1.54) is 16.0 Å². The maximum absolute atomic E-state index is 12.8. The number of quaternary nitrogens is 1. The van der Waals surface area contributed by atoms with Gasteiger partial charge in [-0.1, -0.05) is 36.4 Å². The maximum Gasteiger partial charge on any atom is 0.231 e. The fourth-order valence-corrected chi connectivity index (χ4v) is 3.56. The Morgan fingerprint density at radius 2 is 2.00 bits per heavy atom. The van der Waals surface area contributed by atoms with E-state index in [9.17, 15) is 4.79 Å². The number of likely N-dealkylation sites (tertiary alicyclic amines) is 1. The molecule has 24 heavy (non-hydrogen) atoms. The highest BCUT2D eigenvalue weighted by Crippen LogP contribution is 2.13. The lowest BCUT2D eigenvalue weighted by Crippen LogP contribution is -3.12. The van der Waals surface area contributed by atoms with Crippen LogP contribution in [0.3, 0.4) is 0 Å². The number of rotatable bonds is 5. The largest absolute Gasteiger partial charge is 0.341 e. The van der Waals surface area contributed by atoms with Crippen LogP contribution in [0.1, 0.15) is 24.0 Å². The highest BCUT2D eigenvalue weighted by atomic mass is 16.2. The molecule has 1 N–H and O–H groups in total. The van der Waals surface area contributed by atoms with Gasteiger partial charge in [0.25, 0.3) is 0 Å². The molecule has 0 radical (unpaired) electrons. The minimum Gasteiger partial charge on any atom is -0.341 e. The van der Waals surface area contributed by atoms with Crippen LogP contribution in [-0.2, 0) is 17.9 Å². The summed E-state index contributed by atoms with van der Waals surface area (Å²) < 4.78 is 0. The summed E-state index contributed by atoms with van der Waals surface area (Å²) in [7, 11) is 1.92. The highest BCUT2D eigenvalue weighted by Gasteiger charge is 2.30. The van der Waals surface area contributed by atoms with Gasteiger partial charge in [-0.05, 0) is 24.5 Å². The van der Waals surface area contributed by atoms with Gasteiger partial charge in [0.1, 0.15) is 6.54 Å². The van der Waals surface area contributed by atoms with Gasteiger partial charge < -0.3 is 9.80 Å². The van der Waals surface area contributed by atoms with Crippen LogP contribution in [0.5, 0.6) is 0 Å². The van der Waals surface area contributed by atoms with E-state index < -0.39 is 0 Å². The van der Waals surface area contributed by atoms with Crippen molar-refractivity contribution >= 4 is 5.91 Å². The van der Waals surface area contributed by atoms with Crippen LogP contribution < -0.4 is 4.90 Å². The topological polar surface area (TPSA) is 37.6 Å². The van der Waals surface area contributed by atoms with E-state index in [1.807, 2.05) is 42.4 Å². The molecule has 2 aromatic rings. The van der Waals surface area contributed by atoms with Crippen LogP contribution >= 0.6 is 0 Å². The molecule has 0 spiro atoms. The summed E-state index contributed by atoms with van der Waals surface area (Å²) in [6.07, 6.45) is 5.86. The predicted molar refractivity (Wildman–Crippen MR) is 94.3 cm³/mol. The summed E-state index contributed by atoms with van der Waals surface area (Å²) in [4.78, 5) is 20.4. The molecule has 2 atom stereocenters. The lowest BCUT2D eigenvalue weighted by Gasteiger charge is -2.31. The van der Waals surface area contributed by atoms with Crippen LogP contribution in [0.4, 0.5) is 0 Å². The van der Waals surface area contributed by atoms with E-state index in [0.717, 1.165) is 32.5 Å². The van der Waals surface area contributed by atoms with Crippen LogP contribution in [0.25, 0.3) is 0 Å². The summed E-state index contributed by atoms with van der Waals surface area (Å²) in [6, 6.07) is 14.3. The van der Waals surface area contributed by atoms with Gasteiger partial charge in [-0.2, -0.15) is 0 Å². The second-order valence-electron chi connectivity index (χ2n) is 6.76. The molecule has 0 bridgehead atoms. The molecule has 1 amide bonds. The molecule has 2 heterocycles. The number of nitrogens with zero attached hydrogens (tertiary/aromatic N) is 2. The number of aromatic nitrogens is 1. The van der Waals surface area contributed by atoms with Crippen LogP contribution in [0, 0.1) is 5.92 Å². The molecule has 3 rings (SSSR count). The summed E-state index contributed by atoms with van der Waals surface area (Å²) in [5.41, 5.74) is 2.43. The van der Waals surface area contributed by atoms with Gasteiger partial charge in [0.05, 0.1) is 19.0 Å². The molecular weight excluding hydrogens is 298 g/mol. The number of carbonyl (C=O) groups is 1. The van der Waals surface area contributed by atoms with Gasteiger partial charge in [-0.15, -0.1) is 0 Å². The minimum atomic E-state index is 0.138. The zero-order chi connectivity index (χ0) is 16.8. The molecule has 0 saturated carbocycles. The Kier molecular flexibility index (Phi) is 5.59. The quantitative estimate of drug-likeness (QED) is 0.906. The van der Waals surface area contributed by atoms with E-state index in [0.29, 0.717) is 6.54 Å². The first-order chi connectivity index (χ1) is 11.7. The van der Waals surface area contributed by atoms with Gasteiger partial charge in [-0.3, -0.25) is 9.78 Å². The molecule has 126 valence electrons. The van der Waals surface area contributed by atoms with Gasteiger partial charge in [0, 0.05) is 31.5 Å². The molecule has 4 nitrogen and oxygen atoms in total. The van der Waals surface area contributed by atoms with E-state index >= 15 is 0 Å². The molecule has 1 unspecified atom stereocenters. The summed E-state index contributed by atoms with van der Waals surface area (Å²) in [5, 5.41) is 0. The average molecular weight is 324 g/mol. The molecule has 1 aliphatic rings. The lowest BCUT2D eigenvalue weighted by molar-refractivity contribution is -0.921. The van der Waals surface area contributed by atoms with E-state index in [4.69, 9.17) is 0 Å². The number of hydrogen-bond donors (Lipinski definition) is 1. The van der Waals surface area contributed by atoms with Crippen molar-refractivity contribution in [3.8, 4) is 0 Å². The Balaban J connectivity index is 1.56. The van der Waals surface area contributed by atoms with Gasteiger partial charge in [-0.25, -0.2) is 0 Å². The van der Waals surface area contributed by atoms with Crippen molar-refractivity contribution in [3.63, 3.8) is 0 Å². The predicted octanol–water partition coefficient (Wildman–Crippen LogP) is 1.54. The molecule has 1 fully saturated rings. The van der Waals surface area contributed by atoms with E-state index in [-0.39, 0.29) is 11.8 Å². The summed E-state index contributed by atoms with van der Waals surface area (Å²) >= 11 is 0. The Hall–Kier alpha value is -2.20. The normalized spacial score (nSPS) is 20.5. The van der Waals surface area contributed by atoms with E-state index in [1.54, 1.807) is 6.20 Å². The van der Waals surface area contributed by atoms with Crippen molar-refractivity contribution in [1.82, 2.24) is 9.88 Å². The molecular formula is C20H26N3O+. The fourth-order valence-electron chi connectivity index (χ4n) is 3.56. The number of nitrogens with one attached hydrogen (secondary N) is 1. The Bertz CT molecular complexity index is 644. The second kappa shape index (κ2) is 8.06. The number of hydrogen-bond acceptors (Lipinski definition) is 2. The monoisotopic (exact) mass is 324 g/mol. The molecule has 1 saturated heterocycles. The van der Waals surface area contributed by atoms with Crippen molar-refractivity contribution in [2.75, 3.05) is 20.1 Å². The number of carbonyl (C=O) groups excluding carboxylic acids is 1. The Labute approximate surface area is 144 Å². The first-order valence-electron chi connectivity index (χ1n) is 8.74. The Morgan fingerprint density at radius 1 is 1.21 bits per heavy atom. The smallest absolute Gasteiger partial charge is 0.231 e. The van der Waals surface area contributed by atoms with Crippen LogP contribution in [-0.4, -0.2) is 35.9 Å². The first kappa shape index (κ1) is 16.7. The second-order valence-corrected chi connectivity index (χ2v) is 6.76. The number of pyridine rings is 1. The van der Waals surface area contributed by atoms with Crippen molar-refractivity contribution < 1.29 is 9.69 Å². The third kappa shape index (κ3) is 4.42. The highest BCUT2D eigenvalue weighted by molar-refractivity contribution is 5.78. The molecule has 4 heteroatoms. The van der Waals surface area contributed by atoms with Crippen LogP contribution in [0.2, 0.25) is 0 Å². The van der Waals surface area contributed by atoms with Gasteiger partial charge in [0.15, 0.2) is 0 Å². The van der Waals surface area contributed by atoms with Crippen molar-refractivity contribution in [3.05, 3.63) is 66.0 Å². The third-order valence-electron chi connectivity index (χ3n) is 4.78. The third-order valence-corrected chi connectivity index (χ3v) is 4.78. The summed E-state index contributed by atoms with van der Waals surface area (Å²) in [6.45, 7) is 3.71. The number of piperidine rings is 1. The number of amides is 1. The van der Waals surface area contributed by atoms with Gasteiger partial charge >= 0.3 is 0 Å². The zero-order valence-electron chi connectivity index (χ0n) is 14.3. The van der Waals surface area contributed by atoms with Crippen molar-refractivity contribution in [2.24, 2.45) is 5.92 Å². The standard InChI is InChI=1S/C20H25N3O/c1-22(14-17-7-3-2-4-8-17)20(24)19-10-6-12-23(16-19)15-18-9-5-11-21-13-18/h2-5,7-9,11,13,19H,6,10,12,14-16H2,1H3/p+1/t19-/m1/s1. The lowest BCUT2D eigenvalue weighted by atomic mass is 9.96. The SMILES string of the molecule is CN(Cc1ccccc1)C(=O)[C@@H]1CCC[NH+](Cc2cccnc2)C1. The van der Waals surface area contributed by atoms with Crippen LogP contribution in [0.15, 0.2) is 54.9 Å². The Morgan fingerprint density at radius 3 is 2.75 bits per heavy atom. The zero-order valence-corrected chi connectivity index (χ0v) is 14.3. The molecule has 0 aliphatic carbocycles. The van der Waals surface area contributed by atoms with Crippen molar-refractivity contribution in [2.45, 2.75) is 25.9 Å². The van der Waals surface area contributed by atoms with Crippen molar-refractivity contribution in [1.29, 1.82) is 0 Å². The molecule has 1 aromatic heterocycles.